The van der Waals surface area contributed by atoms with Crippen LogP contribution in [0.2, 0.25) is 0 Å². The van der Waals surface area contributed by atoms with E-state index < -0.39 is 0 Å². The van der Waals surface area contributed by atoms with E-state index in [-0.39, 0.29) is 12.6 Å². The molecule has 0 aliphatic heterocycles. The summed E-state index contributed by atoms with van der Waals surface area (Å²) >= 11 is 0. The first-order valence-corrected chi connectivity index (χ1v) is 16.7. The molecule has 0 N–H and O–H groups in total. The minimum atomic E-state index is -0.0194. The molecule has 0 heterocycles. The van der Waals surface area contributed by atoms with E-state index in [1.165, 1.54) is 24.6 Å². The van der Waals surface area contributed by atoms with E-state index in [9.17, 15) is 0 Å². The molecule has 0 fully saturated rings. The van der Waals surface area contributed by atoms with Gasteiger partial charge in [0.15, 0.2) is 12.6 Å². The van der Waals surface area contributed by atoms with Crippen LogP contribution in [0.5, 0.6) is 0 Å². The van der Waals surface area contributed by atoms with Gasteiger partial charge in [0.05, 0.1) is 6.61 Å². The molecule has 0 bridgehead atoms. The lowest BCUT2D eigenvalue weighted by Crippen LogP contribution is -2.32. The molecule has 0 aromatic heterocycles. The zero-order chi connectivity index (χ0) is 25.1. The summed E-state index contributed by atoms with van der Waals surface area (Å²) in [5.74, 6) is 0. The number of hydrogen-bond acceptors (Lipinski definition) is 6. The molecule has 0 rings (SSSR count). The summed E-state index contributed by atoms with van der Waals surface area (Å²) in [6.45, 7) is 18.8. The van der Waals surface area contributed by atoms with E-state index in [2.05, 4.69) is 39.5 Å². The van der Waals surface area contributed by atoms with Crippen LogP contribution >= 0.6 is 17.2 Å². The molecule has 8 heteroatoms. The molecule has 0 aromatic rings. The fraction of sp³-hybridized carbons (Fsp3) is 1.00. The average Bonchev–Trinajstić information content (AvgIpc) is 2.85. The van der Waals surface area contributed by atoms with E-state index in [1.54, 1.807) is 0 Å². The first-order chi connectivity index (χ1) is 16.7. The summed E-state index contributed by atoms with van der Waals surface area (Å²) in [6, 6.07) is 0. The van der Waals surface area contributed by atoms with E-state index in [0.717, 1.165) is 115 Å². The van der Waals surface area contributed by atoms with Crippen LogP contribution in [-0.2, 0) is 23.7 Å². The predicted molar refractivity (Wildman–Crippen MR) is 151 cm³/mol. The molecule has 0 saturated heterocycles. The first-order valence-electron chi connectivity index (χ1n) is 13.9. The van der Waals surface area contributed by atoms with Crippen LogP contribution < -0.4 is 0 Å². The van der Waals surface area contributed by atoms with Crippen LogP contribution in [0.3, 0.4) is 0 Å². The standard InChI is InChI=1S/C26H57NO5P2/c1-6-16-29-25(30-17-7-2)11-21-33-23-14-27(13-20-28-10-5)15-24-34-22-12-26(31-18-8-3)32-19-9-4/h25-26,33-34H,6-24H2,1-5H3. The molecular formula is C26H57NO5P2. The van der Waals surface area contributed by atoms with Crippen LogP contribution in [0.1, 0.15) is 73.1 Å². The van der Waals surface area contributed by atoms with Crippen LogP contribution in [0, 0.1) is 0 Å². The lowest BCUT2D eigenvalue weighted by atomic mass is 10.4. The summed E-state index contributed by atoms with van der Waals surface area (Å²) in [5.41, 5.74) is 0. The molecule has 0 aliphatic carbocycles. The lowest BCUT2D eigenvalue weighted by molar-refractivity contribution is -0.142. The minimum absolute atomic E-state index is 0.0194. The smallest absolute Gasteiger partial charge is 0.157 e. The second kappa shape index (κ2) is 28.2. The van der Waals surface area contributed by atoms with Crippen molar-refractivity contribution in [2.75, 3.05) is 83.9 Å². The third-order valence-electron chi connectivity index (χ3n) is 5.11. The highest BCUT2D eigenvalue weighted by atomic mass is 31.1. The Hall–Kier alpha value is 0.620. The molecule has 34 heavy (non-hydrogen) atoms. The Morgan fingerprint density at radius 2 is 0.941 bits per heavy atom. The molecule has 2 atom stereocenters. The topological polar surface area (TPSA) is 49.4 Å². The van der Waals surface area contributed by atoms with Gasteiger partial charge in [0.2, 0.25) is 0 Å². The Bertz CT molecular complexity index is 350. The summed E-state index contributed by atoms with van der Waals surface area (Å²) in [5, 5.41) is 0. The Kier molecular flexibility index (Phi) is 28.7. The van der Waals surface area contributed by atoms with Crippen molar-refractivity contribution < 1.29 is 23.7 Å². The zero-order valence-electron chi connectivity index (χ0n) is 23.1. The molecule has 0 amide bonds. The van der Waals surface area contributed by atoms with Gasteiger partial charge in [0, 0.05) is 65.5 Å². The Labute approximate surface area is 215 Å². The van der Waals surface area contributed by atoms with Gasteiger partial charge in [-0.2, -0.15) is 0 Å². The molecule has 206 valence electrons. The van der Waals surface area contributed by atoms with Crippen LogP contribution in [0.4, 0.5) is 0 Å². The average molecular weight is 526 g/mol. The Morgan fingerprint density at radius 1 is 0.529 bits per heavy atom. The molecule has 0 aliphatic rings. The number of rotatable bonds is 28. The van der Waals surface area contributed by atoms with Gasteiger partial charge >= 0.3 is 0 Å². The normalized spacial score (nSPS) is 12.7. The maximum Gasteiger partial charge on any atom is 0.157 e. The number of nitrogens with zero attached hydrogens (tertiary/aromatic N) is 1. The van der Waals surface area contributed by atoms with Crippen molar-refractivity contribution in [3.05, 3.63) is 0 Å². The molecule has 0 aromatic carbocycles. The van der Waals surface area contributed by atoms with E-state index in [1.807, 2.05) is 0 Å². The van der Waals surface area contributed by atoms with Gasteiger partial charge in [-0.05, 0) is 57.3 Å². The van der Waals surface area contributed by atoms with Gasteiger partial charge in [0.1, 0.15) is 0 Å². The van der Waals surface area contributed by atoms with Crippen molar-refractivity contribution in [1.29, 1.82) is 0 Å². The highest BCUT2D eigenvalue weighted by molar-refractivity contribution is 7.38. The van der Waals surface area contributed by atoms with Crippen molar-refractivity contribution in [2.24, 2.45) is 0 Å². The maximum atomic E-state index is 5.86. The zero-order valence-corrected chi connectivity index (χ0v) is 25.1. The molecule has 2 unspecified atom stereocenters. The van der Waals surface area contributed by atoms with E-state index in [4.69, 9.17) is 23.7 Å². The van der Waals surface area contributed by atoms with Crippen molar-refractivity contribution >= 4 is 17.2 Å². The van der Waals surface area contributed by atoms with Gasteiger partial charge < -0.3 is 28.6 Å². The monoisotopic (exact) mass is 525 g/mol. The SMILES string of the molecule is CCCOC(CCPCCN(CCOCC)CCPCCC(OCCC)OCCC)OCCC. The fourth-order valence-electron chi connectivity index (χ4n) is 3.26. The maximum absolute atomic E-state index is 5.86. The lowest BCUT2D eigenvalue weighted by Gasteiger charge is -2.23. The third-order valence-corrected chi connectivity index (χ3v) is 7.55. The van der Waals surface area contributed by atoms with Crippen molar-refractivity contribution in [3.63, 3.8) is 0 Å². The fourth-order valence-corrected chi connectivity index (χ4v) is 5.59. The third kappa shape index (κ3) is 23.0. The quantitative estimate of drug-likeness (QED) is 0.0729. The van der Waals surface area contributed by atoms with Crippen LogP contribution in [-0.4, -0.2) is 101 Å². The van der Waals surface area contributed by atoms with Crippen LogP contribution in [0.25, 0.3) is 0 Å². The first kappa shape index (κ1) is 34.6. The van der Waals surface area contributed by atoms with E-state index >= 15 is 0 Å². The summed E-state index contributed by atoms with van der Waals surface area (Å²) in [7, 11) is 1.92. The predicted octanol–water partition coefficient (Wildman–Crippen LogP) is 5.82. The molecular weight excluding hydrogens is 468 g/mol. The number of ether oxygens (including phenoxy) is 5. The second-order valence-electron chi connectivity index (χ2n) is 8.46. The molecule has 0 saturated carbocycles. The molecule has 0 spiro atoms. The summed E-state index contributed by atoms with van der Waals surface area (Å²) in [6.07, 6.45) is 11.0. The van der Waals surface area contributed by atoms with Gasteiger partial charge in [0.25, 0.3) is 0 Å². The highest BCUT2D eigenvalue weighted by Gasteiger charge is 2.11. The van der Waals surface area contributed by atoms with Crippen molar-refractivity contribution in [2.45, 2.75) is 85.7 Å². The van der Waals surface area contributed by atoms with E-state index in [0.29, 0.717) is 0 Å². The summed E-state index contributed by atoms with van der Waals surface area (Å²) in [4.78, 5) is 2.59. The van der Waals surface area contributed by atoms with Crippen LogP contribution in [0.15, 0.2) is 0 Å². The summed E-state index contributed by atoms with van der Waals surface area (Å²) < 4.78 is 29.1. The van der Waals surface area contributed by atoms with Crippen molar-refractivity contribution in [3.8, 4) is 0 Å². The van der Waals surface area contributed by atoms with Gasteiger partial charge in [-0.25, -0.2) is 0 Å². The molecule has 6 nitrogen and oxygen atoms in total. The van der Waals surface area contributed by atoms with Gasteiger partial charge in [-0.1, -0.05) is 27.7 Å². The molecule has 0 radical (unpaired) electrons. The van der Waals surface area contributed by atoms with Gasteiger partial charge in [-0.15, -0.1) is 17.2 Å². The van der Waals surface area contributed by atoms with Crippen molar-refractivity contribution in [1.82, 2.24) is 4.90 Å². The highest BCUT2D eigenvalue weighted by Crippen LogP contribution is 2.18. The Morgan fingerprint density at radius 3 is 1.29 bits per heavy atom. The minimum Gasteiger partial charge on any atom is -0.380 e. The number of hydrogen-bond donors (Lipinski definition) is 0. The Balaban J connectivity index is 4.16. The largest absolute Gasteiger partial charge is 0.380 e. The second-order valence-corrected chi connectivity index (χ2v) is 11.5. The van der Waals surface area contributed by atoms with Gasteiger partial charge in [-0.3, -0.25) is 0 Å².